The van der Waals surface area contributed by atoms with E-state index in [2.05, 4.69) is 29.4 Å². The Bertz CT molecular complexity index is 1190. The summed E-state index contributed by atoms with van der Waals surface area (Å²) in [5.74, 6) is -0.358. The second-order valence-electron chi connectivity index (χ2n) is 12.0. The highest BCUT2D eigenvalue weighted by Gasteiger charge is 2.26. The van der Waals surface area contributed by atoms with Gasteiger partial charge in [0, 0.05) is 22.9 Å². The number of ether oxygens (including phenoxy) is 1. The molecule has 1 heterocycles. The van der Waals surface area contributed by atoms with Crippen molar-refractivity contribution < 1.29 is 14.3 Å². The summed E-state index contributed by atoms with van der Waals surface area (Å²) in [5, 5.41) is 4.27. The van der Waals surface area contributed by atoms with Crippen LogP contribution in [-0.4, -0.2) is 23.5 Å². The summed E-state index contributed by atoms with van der Waals surface area (Å²) in [6.45, 7) is 4.40. The third-order valence-electron chi connectivity index (χ3n) is 8.49. The first-order chi connectivity index (χ1) is 21.1. The van der Waals surface area contributed by atoms with Gasteiger partial charge >= 0.3 is 5.97 Å². The summed E-state index contributed by atoms with van der Waals surface area (Å²) in [6.07, 6.45) is 21.7. The molecule has 0 spiro atoms. The van der Waals surface area contributed by atoms with Crippen molar-refractivity contribution in [1.82, 2.24) is 10.3 Å². The molecule has 5 heteroatoms. The van der Waals surface area contributed by atoms with E-state index in [1.54, 1.807) is 0 Å². The number of carbonyl (C=O) groups excluding carboxylic acids is 2. The predicted octanol–water partition coefficient (Wildman–Crippen LogP) is 10.4. The minimum Gasteiger partial charge on any atom is -0.461 e. The number of aromatic amines is 1. The van der Waals surface area contributed by atoms with Gasteiger partial charge in [0.2, 0.25) is 5.91 Å². The predicted molar refractivity (Wildman–Crippen MR) is 179 cm³/mol. The number of hydrogen-bond donors (Lipinski definition) is 2. The lowest BCUT2D eigenvalue weighted by Crippen LogP contribution is -2.30. The van der Waals surface area contributed by atoms with E-state index in [0.717, 1.165) is 41.3 Å². The molecule has 2 aromatic carbocycles. The van der Waals surface area contributed by atoms with Crippen LogP contribution in [0.3, 0.4) is 0 Å². The van der Waals surface area contributed by atoms with Gasteiger partial charge in [0.05, 0.1) is 12.6 Å². The highest BCUT2D eigenvalue weighted by Crippen LogP contribution is 2.32. The minimum atomic E-state index is -0.367. The van der Waals surface area contributed by atoms with Crippen LogP contribution in [0.15, 0.2) is 54.6 Å². The molecule has 1 aromatic heterocycles. The standard InChI is InChI=1S/C38H56N2O3/c1-3-5-6-7-8-9-10-11-12-13-14-15-16-17-21-28-34(39-35(41)30-29-31-24-19-18-20-25-31)36-32-26-22-23-27-33(32)40-37(36)38(42)43-4-2/h18-20,22-27,34,40H,3-17,21,28-30H2,1-2H3,(H,39,41). The number of aryl methyl sites for hydroxylation is 1. The van der Waals surface area contributed by atoms with Crippen LogP contribution < -0.4 is 5.32 Å². The van der Waals surface area contributed by atoms with Crippen molar-refractivity contribution in [3.8, 4) is 0 Å². The molecule has 0 aliphatic rings. The molecular weight excluding hydrogens is 532 g/mol. The smallest absolute Gasteiger partial charge is 0.355 e. The maximum atomic E-state index is 13.2. The fraction of sp³-hybridized carbons (Fsp3) is 0.579. The van der Waals surface area contributed by atoms with E-state index < -0.39 is 0 Å². The van der Waals surface area contributed by atoms with Gasteiger partial charge in [0.25, 0.3) is 0 Å². The van der Waals surface area contributed by atoms with Crippen LogP contribution >= 0.6 is 0 Å². The highest BCUT2D eigenvalue weighted by atomic mass is 16.5. The molecule has 5 nitrogen and oxygen atoms in total. The van der Waals surface area contributed by atoms with Crippen molar-refractivity contribution in [3.05, 3.63) is 71.4 Å². The number of amides is 1. The number of esters is 1. The van der Waals surface area contributed by atoms with E-state index in [4.69, 9.17) is 4.74 Å². The van der Waals surface area contributed by atoms with Crippen LogP contribution in [0.4, 0.5) is 0 Å². The minimum absolute atomic E-state index is 0.00917. The first-order valence-electron chi connectivity index (χ1n) is 17.2. The van der Waals surface area contributed by atoms with Crippen molar-refractivity contribution in [2.24, 2.45) is 0 Å². The summed E-state index contributed by atoms with van der Waals surface area (Å²) in [6, 6.07) is 17.8. The van der Waals surface area contributed by atoms with E-state index >= 15 is 0 Å². The van der Waals surface area contributed by atoms with Crippen LogP contribution in [0, 0.1) is 0 Å². The van der Waals surface area contributed by atoms with E-state index in [0.29, 0.717) is 25.1 Å². The van der Waals surface area contributed by atoms with E-state index in [-0.39, 0.29) is 17.9 Å². The first kappa shape index (κ1) is 34.4. The third kappa shape index (κ3) is 12.6. The Morgan fingerprint density at radius 2 is 1.28 bits per heavy atom. The first-order valence-corrected chi connectivity index (χ1v) is 17.2. The maximum Gasteiger partial charge on any atom is 0.355 e. The van der Waals surface area contributed by atoms with Crippen molar-refractivity contribution in [1.29, 1.82) is 0 Å². The van der Waals surface area contributed by atoms with Crippen molar-refractivity contribution in [3.63, 3.8) is 0 Å². The Hall–Kier alpha value is -3.08. The average Bonchev–Trinajstić information content (AvgIpc) is 3.42. The molecule has 0 bridgehead atoms. The van der Waals surface area contributed by atoms with Gasteiger partial charge in [-0.25, -0.2) is 4.79 Å². The molecule has 236 valence electrons. The van der Waals surface area contributed by atoms with E-state index in [1.807, 2.05) is 49.4 Å². The summed E-state index contributed by atoms with van der Waals surface area (Å²) in [4.78, 5) is 29.5. The summed E-state index contributed by atoms with van der Waals surface area (Å²) >= 11 is 0. The van der Waals surface area contributed by atoms with Crippen LogP contribution in [0.1, 0.15) is 151 Å². The van der Waals surface area contributed by atoms with Gasteiger partial charge in [0.1, 0.15) is 5.69 Å². The molecule has 0 radical (unpaired) electrons. The lowest BCUT2D eigenvalue weighted by molar-refractivity contribution is -0.121. The monoisotopic (exact) mass is 588 g/mol. The molecular formula is C38H56N2O3. The lowest BCUT2D eigenvalue weighted by Gasteiger charge is -2.20. The third-order valence-corrected chi connectivity index (χ3v) is 8.49. The number of carbonyl (C=O) groups is 2. The molecule has 3 rings (SSSR count). The zero-order valence-electron chi connectivity index (χ0n) is 26.9. The number of nitrogens with one attached hydrogen (secondary N) is 2. The van der Waals surface area contributed by atoms with Crippen LogP contribution in [0.2, 0.25) is 0 Å². The lowest BCUT2D eigenvalue weighted by atomic mass is 9.96. The van der Waals surface area contributed by atoms with Crippen LogP contribution in [0.5, 0.6) is 0 Å². The summed E-state index contributed by atoms with van der Waals surface area (Å²) < 4.78 is 5.41. The Morgan fingerprint density at radius 3 is 1.88 bits per heavy atom. The van der Waals surface area contributed by atoms with Crippen molar-refractivity contribution >= 4 is 22.8 Å². The molecule has 43 heavy (non-hydrogen) atoms. The van der Waals surface area contributed by atoms with Crippen LogP contribution in [0.25, 0.3) is 10.9 Å². The molecule has 3 aromatic rings. The Kier molecular flexibility index (Phi) is 16.6. The number of benzene rings is 2. The fourth-order valence-corrected chi connectivity index (χ4v) is 6.07. The number of unbranched alkanes of at least 4 members (excludes halogenated alkanes) is 14. The SMILES string of the molecule is CCCCCCCCCCCCCCCCCC(NC(=O)CCc1ccccc1)c1c(C(=O)OCC)[nH]c2ccccc12. The van der Waals surface area contributed by atoms with Crippen molar-refractivity contribution in [2.45, 2.75) is 135 Å². The van der Waals surface area contributed by atoms with Gasteiger partial charge in [0.15, 0.2) is 0 Å². The molecule has 0 aliphatic carbocycles. The van der Waals surface area contributed by atoms with Gasteiger partial charge in [-0.3, -0.25) is 4.79 Å². The molecule has 0 fully saturated rings. The molecule has 2 N–H and O–H groups in total. The highest BCUT2D eigenvalue weighted by molar-refractivity contribution is 5.99. The van der Waals surface area contributed by atoms with E-state index in [9.17, 15) is 9.59 Å². The van der Waals surface area contributed by atoms with Gasteiger partial charge in [-0.15, -0.1) is 0 Å². The Labute approximate surface area is 260 Å². The number of hydrogen-bond acceptors (Lipinski definition) is 3. The molecule has 1 atom stereocenters. The van der Waals surface area contributed by atoms with Gasteiger partial charge in [-0.1, -0.05) is 152 Å². The molecule has 0 aliphatic heterocycles. The Balaban J connectivity index is 1.50. The van der Waals surface area contributed by atoms with Crippen molar-refractivity contribution in [2.75, 3.05) is 6.61 Å². The molecule has 1 amide bonds. The Morgan fingerprint density at radius 1 is 0.721 bits per heavy atom. The molecule has 0 saturated heterocycles. The van der Waals surface area contributed by atoms with Gasteiger partial charge in [-0.05, 0) is 31.4 Å². The largest absolute Gasteiger partial charge is 0.461 e. The molecule has 1 unspecified atom stereocenters. The number of H-pyrrole nitrogens is 1. The zero-order chi connectivity index (χ0) is 30.5. The normalized spacial score (nSPS) is 12.0. The van der Waals surface area contributed by atoms with Crippen LogP contribution in [-0.2, 0) is 16.0 Å². The average molecular weight is 589 g/mol. The number of aromatic nitrogens is 1. The maximum absolute atomic E-state index is 13.2. The number of para-hydroxylation sites is 1. The number of rotatable bonds is 23. The number of fused-ring (bicyclic) bond motifs is 1. The quantitative estimate of drug-likeness (QED) is 0.0855. The second kappa shape index (κ2) is 20.8. The topological polar surface area (TPSA) is 71.2 Å². The summed E-state index contributed by atoms with van der Waals surface area (Å²) in [7, 11) is 0. The molecule has 0 saturated carbocycles. The van der Waals surface area contributed by atoms with Gasteiger partial charge < -0.3 is 15.0 Å². The fourth-order valence-electron chi connectivity index (χ4n) is 6.07. The van der Waals surface area contributed by atoms with Gasteiger partial charge in [-0.2, -0.15) is 0 Å². The zero-order valence-corrected chi connectivity index (χ0v) is 26.9. The van der Waals surface area contributed by atoms with E-state index in [1.165, 1.54) is 83.5 Å². The summed E-state index contributed by atoms with van der Waals surface area (Å²) in [5.41, 5.74) is 3.35. The second-order valence-corrected chi connectivity index (χ2v) is 12.0.